The van der Waals surface area contributed by atoms with Gasteiger partial charge in [-0.3, -0.25) is 0 Å². The summed E-state index contributed by atoms with van der Waals surface area (Å²) in [6.45, 7) is 3.85. The van der Waals surface area contributed by atoms with E-state index < -0.39 is 0 Å². The third-order valence-electron chi connectivity index (χ3n) is 3.04. The predicted octanol–water partition coefficient (Wildman–Crippen LogP) is 2.99. The number of aromatic nitrogens is 1. The molecule has 1 saturated heterocycles. The summed E-state index contributed by atoms with van der Waals surface area (Å²) in [7, 11) is 0. The number of hydrogen-bond acceptors (Lipinski definition) is 3. The molecule has 0 bridgehead atoms. The molecule has 0 spiro atoms. The maximum absolute atomic E-state index is 5.99. The molecule has 0 aliphatic carbocycles. The zero-order valence-corrected chi connectivity index (χ0v) is 10.3. The second-order valence-electron chi connectivity index (χ2n) is 4.32. The fourth-order valence-electron chi connectivity index (χ4n) is 1.96. The van der Waals surface area contributed by atoms with Crippen LogP contribution in [0.5, 0.6) is 0 Å². The first-order valence-corrected chi connectivity index (χ1v) is 6.06. The molecule has 17 heavy (non-hydrogen) atoms. The van der Waals surface area contributed by atoms with E-state index in [0.29, 0.717) is 5.92 Å². The molecule has 1 aromatic carbocycles. The van der Waals surface area contributed by atoms with Gasteiger partial charge in [-0.1, -0.05) is 23.7 Å². The minimum atomic E-state index is 0.418. The van der Waals surface area contributed by atoms with Crippen LogP contribution in [0.2, 0.25) is 5.02 Å². The normalized spacial score (nSPS) is 15.9. The molecular weight excluding hydrogens is 236 g/mol. The molecule has 3 rings (SSSR count). The van der Waals surface area contributed by atoms with Crippen molar-refractivity contribution in [3.8, 4) is 11.3 Å². The lowest BCUT2D eigenvalue weighted by molar-refractivity contribution is 0.350. The number of rotatable bonds is 2. The first-order chi connectivity index (χ1) is 8.24. The molecule has 0 atom stereocenters. The van der Waals surface area contributed by atoms with Gasteiger partial charge in [0, 0.05) is 23.7 Å². The van der Waals surface area contributed by atoms with E-state index >= 15 is 0 Å². The van der Waals surface area contributed by atoms with Crippen LogP contribution in [-0.2, 0) is 0 Å². The second kappa shape index (κ2) is 4.17. The van der Waals surface area contributed by atoms with E-state index in [9.17, 15) is 0 Å². The van der Waals surface area contributed by atoms with Crippen LogP contribution in [0.4, 0.5) is 0 Å². The summed E-state index contributed by atoms with van der Waals surface area (Å²) in [5.74, 6) is 2.10. The Morgan fingerprint density at radius 2 is 2.24 bits per heavy atom. The van der Waals surface area contributed by atoms with E-state index in [4.69, 9.17) is 16.0 Å². The van der Waals surface area contributed by atoms with Crippen LogP contribution >= 0.6 is 11.6 Å². The van der Waals surface area contributed by atoms with Crippen molar-refractivity contribution in [1.29, 1.82) is 0 Å². The van der Waals surface area contributed by atoms with Crippen LogP contribution in [0, 0.1) is 6.92 Å². The summed E-state index contributed by atoms with van der Waals surface area (Å²) in [4.78, 5) is 4.58. The highest BCUT2D eigenvalue weighted by molar-refractivity contribution is 6.30. The number of nitrogens with zero attached hydrogens (tertiary/aromatic N) is 1. The molecule has 3 nitrogen and oxygen atoms in total. The van der Waals surface area contributed by atoms with Crippen molar-refractivity contribution >= 4 is 11.6 Å². The van der Waals surface area contributed by atoms with E-state index in [1.807, 2.05) is 31.2 Å². The van der Waals surface area contributed by atoms with Gasteiger partial charge in [-0.05, 0) is 19.1 Å². The Morgan fingerprint density at radius 3 is 2.88 bits per heavy atom. The third-order valence-corrected chi connectivity index (χ3v) is 3.28. The molecule has 2 aromatic rings. The van der Waals surface area contributed by atoms with Gasteiger partial charge in [0.15, 0.2) is 0 Å². The van der Waals surface area contributed by atoms with Gasteiger partial charge in [-0.2, -0.15) is 0 Å². The van der Waals surface area contributed by atoms with Crippen molar-refractivity contribution in [3.63, 3.8) is 0 Å². The molecule has 1 fully saturated rings. The van der Waals surface area contributed by atoms with Crippen molar-refractivity contribution in [1.82, 2.24) is 10.3 Å². The predicted molar refractivity (Wildman–Crippen MR) is 67.3 cm³/mol. The Hall–Kier alpha value is -1.32. The zero-order valence-electron chi connectivity index (χ0n) is 9.53. The van der Waals surface area contributed by atoms with Gasteiger partial charge in [0.1, 0.15) is 11.5 Å². The van der Waals surface area contributed by atoms with E-state index in [1.54, 1.807) is 0 Å². The van der Waals surface area contributed by atoms with E-state index in [-0.39, 0.29) is 0 Å². The van der Waals surface area contributed by atoms with Gasteiger partial charge in [0.05, 0.1) is 5.92 Å². The lowest BCUT2D eigenvalue weighted by Crippen LogP contribution is -2.40. The number of hydrogen-bond donors (Lipinski definition) is 1. The SMILES string of the molecule is Cc1oc(C2CNC2)nc1-c1cccc(Cl)c1. The van der Waals surface area contributed by atoms with Gasteiger partial charge in [-0.15, -0.1) is 0 Å². The highest BCUT2D eigenvalue weighted by atomic mass is 35.5. The summed E-state index contributed by atoms with van der Waals surface area (Å²) < 4.78 is 5.72. The molecule has 1 aliphatic heterocycles. The molecule has 0 unspecified atom stereocenters. The van der Waals surface area contributed by atoms with E-state index in [1.165, 1.54) is 0 Å². The van der Waals surface area contributed by atoms with Crippen LogP contribution in [0.15, 0.2) is 28.7 Å². The summed E-state index contributed by atoms with van der Waals surface area (Å²) in [6.07, 6.45) is 0. The Morgan fingerprint density at radius 1 is 1.41 bits per heavy atom. The van der Waals surface area contributed by atoms with E-state index in [2.05, 4.69) is 10.3 Å². The van der Waals surface area contributed by atoms with Crippen molar-refractivity contribution in [3.05, 3.63) is 40.9 Å². The summed E-state index contributed by atoms with van der Waals surface area (Å²) >= 11 is 5.99. The molecule has 1 aromatic heterocycles. The third kappa shape index (κ3) is 1.96. The van der Waals surface area contributed by atoms with Crippen LogP contribution in [-0.4, -0.2) is 18.1 Å². The van der Waals surface area contributed by atoms with Crippen molar-refractivity contribution in [2.45, 2.75) is 12.8 Å². The molecule has 2 heterocycles. The monoisotopic (exact) mass is 248 g/mol. The van der Waals surface area contributed by atoms with Gasteiger partial charge in [0.25, 0.3) is 0 Å². The molecule has 0 amide bonds. The Bertz CT molecular complexity index is 546. The number of aryl methyl sites for hydroxylation is 1. The van der Waals surface area contributed by atoms with E-state index in [0.717, 1.165) is 41.0 Å². The summed E-state index contributed by atoms with van der Waals surface area (Å²) in [5, 5.41) is 3.94. The molecule has 4 heteroatoms. The Labute approximate surface area is 105 Å². The number of nitrogens with one attached hydrogen (secondary N) is 1. The molecule has 1 aliphatic rings. The zero-order chi connectivity index (χ0) is 11.8. The maximum Gasteiger partial charge on any atom is 0.200 e. The smallest absolute Gasteiger partial charge is 0.200 e. The minimum absolute atomic E-state index is 0.418. The van der Waals surface area contributed by atoms with Crippen molar-refractivity contribution in [2.75, 3.05) is 13.1 Å². The van der Waals surface area contributed by atoms with Gasteiger partial charge < -0.3 is 9.73 Å². The van der Waals surface area contributed by atoms with Crippen LogP contribution in [0.1, 0.15) is 17.6 Å². The van der Waals surface area contributed by atoms with Gasteiger partial charge >= 0.3 is 0 Å². The average molecular weight is 249 g/mol. The number of oxazole rings is 1. The second-order valence-corrected chi connectivity index (χ2v) is 4.76. The van der Waals surface area contributed by atoms with Crippen LogP contribution < -0.4 is 5.32 Å². The molecule has 0 radical (unpaired) electrons. The quantitative estimate of drug-likeness (QED) is 0.888. The summed E-state index contributed by atoms with van der Waals surface area (Å²) in [5.41, 5.74) is 1.91. The Kier molecular flexibility index (Phi) is 2.65. The molecule has 0 saturated carbocycles. The summed E-state index contributed by atoms with van der Waals surface area (Å²) in [6, 6.07) is 7.70. The fourth-order valence-corrected chi connectivity index (χ4v) is 2.15. The fraction of sp³-hybridized carbons (Fsp3) is 0.308. The molecular formula is C13H13ClN2O. The first kappa shape index (κ1) is 10.8. The molecule has 1 N–H and O–H groups in total. The van der Waals surface area contributed by atoms with Crippen LogP contribution in [0.25, 0.3) is 11.3 Å². The standard InChI is InChI=1S/C13H13ClN2O/c1-8-12(9-3-2-4-11(14)5-9)16-13(17-8)10-6-15-7-10/h2-5,10,15H,6-7H2,1H3. The number of halogens is 1. The lowest BCUT2D eigenvalue weighted by Gasteiger charge is -2.23. The maximum atomic E-state index is 5.99. The highest BCUT2D eigenvalue weighted by Gasteiger charge is 2.25. The molecule has 88 valence electrons. The minimum Gasteiger partial charge on any atom is -0.445 e. The highest BCUT2D eigenvalue weighted by Crippen LogP contribution is 2.29. The van der Waals surface area contributed by atoms with Crippen molar-refractivity contribution in [2.24, 2.45) is 0 Å². The largest absolute Gasteiger partial charge is 0.445 e. The lowest BCUT2D eigenvalue weighted by atomic mass is 10.0. The van der Waals surface area contributed by atoms with Crippen LogP contribution in [0.3, 0.4) is 0 Å². The average Bonchev–Trinajstić information content (AvgIpc) is 2.57. The topological polar surface area (TPSA) is 38.1 Å². The van der Waals surface area contributed by atoms with Crippen molar-refractivity contribution < 1.29 is 4.42 Å². The van der Waals surface area contributed by atoms with Gasteiger partial charge in [-0.25, -0.2) is 4.98 Å². The Balaban J connectivity index is 1.99. The van der Waals surface area contributed by atoms with Gasteiger partial charge in [0.2, 0.25) is 5.89 Å². The first-order valence-electron chi connectivity index (χ1n) is 5.68. The number of benzene rings is 1.